The predicted molar refractivity (Wildman–Crippen MR) is 90.1 cm³/mol. The maximum Gasteiger partial charge on any atom is 0.185 e. The number of nitrogens with zero attached hydrogens (tertiary/aromatic N) is 2. The van der Waals surface area contributed by atoms with Crippen molar-refractivity contribution in [1.82, 2.24) is 10.3 Å². The van der Waals surface area contributed by atoms with Crippen LogP contribution in [0.2, 0.25) is 0 Å². The van der Waals surface area contributed by atoms with Crippen molar-refractivity contribution in [2.75, 3.05) is 19.0 Å². The molecular weight excluding hydrogens is 278 g/mol. The Kier molecular flexibility index (Phi) is 4.27. The van der Waals surface area contributed by atoms with Crippen molar-refractivity contribution >= 4 is 16.5 Å². The molecule has 1 unspecified atom stereocenters. The Morgan fingerprint density at radius 3 is 2.95 bits per heavy atom. The summed E-state index contributed by atoms with van der Waals surface area (Å²) < 4.78 is 0. The number of hydrogen-bond acceptors (Lipinski definition) is 4. The van der Waals surface area contributed by atoms with Gasteiger partial charge in [0.1, 0.15) is 0 Å². The van der Waals surface area contributed by atoms with Crippen LogP contribution in [-0.2, 0) is 13.0 Å². The molecule has 0 aliphatic heterocycles. The molecule has 1 aliphatic rings. The van der Waals surface area contributed by atoms with E-state index in [1.807, 2.05) is 11.3 Å². The highest BCUT2D eigenvalue weighted by Gasteiger charge is 2.24. The lowest BCUT2D eigenvalue weighted by molar-refractivity contribution is 0.501. The third-order valence-electron chi connectivity index (χ3n) is 4.28. The third kappa shape index (κ3) is 2.97. The van der Waals surface area contributed by atoms with Crippen LogP contribution in [0.3, 0.4) is 0 Å². The van der Waals surface area contributed by atoms with Gasteiger partial charge in [-0.25, -0.2) is 4.98 Å². The van der Waals surface area contributed by atoms with Crippen LogP contribution in [0.15, 0.2) is 24.3 Å². The molecule has 0 saturated heterocycles. The Morgan fingerprint density at radius 2 is 2.19 bits per heavy atom. The first-order valence-electron chi connectivity index (χ1n) is 7.61. The number of aryl methyl sites for hydroxylation is 2. The van der Waals surface area contributed by atoms with Crippen molar-refractivity contribution in [2.24, 2.45) is 0 Å². The van der Waals surface area contributed by atoms with E-state index in [-0.39, 0.29) is 0 Å². The molecule has 0 amide bonds. The topological polar surface area (TPSA) is 28.2 Å². The molecule has 1 aromatic carbocycles. The lowest BCUT2D eigenvalue weighted by atomic mass is 9.98. The molecule has 0 saturated carbocycles. The standard InChI is InChI=1S/C17H23N3S/c1-12-7-4-5-8-13(12)11-20(3)17-19-15-10-6-9-14(18-2)16(15)21-17/h4-5,7-8,14,18H,6,9-11H2,1-3H3. The van der Waals surface area contributed by atoms with Crippen LogP contribution in [0, 0.1) is 6.92 Å². The molecule has 2 aromatic rings. The molecule has 0 spiro atoms. The molecule has 0 fully saturated rings. The molecule has 0 bridgehead atoms. The fraction of sp³-hybridized carbons (Fsp3) is 0.471. The average molecular weight is 301 g/mol. The molecule has 1 atom stereocenters. The average Bonchev–Trinajstić information content (AvgIpc) is 2.93. The van der Waals surface area contributed by atoms with Gasteiger partial charge in [0.15, 0.2) is 5.13 Å². The van der Waals surface area contributed by atoms with Gasteiger partial charge in [-0.1, -0.05) is 35.6 Å². The van der Waals surface area contributed by atoms with Crippen molar-refractivity contribution in [3.8, 4) is 0 Å². The number of anilines is 1. The van der Waals surface area contributed by atoms with Crippen molar-refractivity contribution in [3.05, 3.63) is 46.0 Å². The summed E-state index contributed by atoms with van der Waals surface area (Å²) in [4.78, 5) is 8.60. The quantitative estimate of drug-likeness (QED) is 0.933. The van der Waals surface area contributed by atoms with Crippen LogP contribution in [0.5, 0.6) is 0 Å². The molecule has 112 valence electrons. The summed E-state index contributed by atoms with van der Waals surface area (Å²) in [5.74, 6) is 0. The zero-order valence-corrected chi connectivity index (χ0v) is 13.8. The van der Waals surface area contributed by atoms with E-state index in [0.29, 0.717) is 6.04 Å². The lowest BCUT2D eigenvalue weighted by Gasteiger charge is -2.20. The minimum Gasteiger partial charge on any atom is -0.347 e. The number of benzene rings is 1. The summed E-state index contributed by atoms with van der Waals surface area (Å²) in [6.45, 7) is 3.09. The van der Waals surface area contributed by atoms with Gasteiger partial charge in [0.2, 0.25) is 0 Å². The number of nitrogens with one attached hydrogen (secondary N) is 1. The second-order valence-electron chi connectivity index (χ2n) is 5.82. The monoisotopic (exact) mass is 301 g/mol. The summed E-state index contributed by atoms with van der Waals surface area (Å²) in [6.07, 6.45) is 3.60. The zero-order valence-electron chi connectivity index (χ0n) is 13.0. The largest absolute Gasteiger partial charge is 0.347 e. The summed E-state index contributed by atoms with van der Waals surface area (Å²) in [6, 6.07) is 9.08. The summed E-state index contributed by atoms with van der Waals surface area (Å²) in [5, 5.41) is 4.57. The zero-order chi connectivity index (χ0) is 14.8. The van der Waals surface area contributed by atoms with Crippen LogP contribution in [-0.4, -0.2) is 19.1 Å². The lowest BCUT2D eigenvalue weighted by Crippen LogP contribution is -2.19. The van der Waals surface area contributed by atoms with Gasteiger partial charge in [-0.3, -0.25) is 0 Å². The van der Waals surface area contributed by atoms with Gasteiger partial charge < -0.3 is 10.2 Å². The molecule has 3 nitrogen and oxygen atoms in total. The van der Waals surface area contributed by atoms with Gasteiger partial charge >= 0.3 is 0 Å². The van der Waals surface area contributed by atoms with Gasteiger partial charge in [-0.05, 0) is 44.4 Å². The van der Waals surface area contributed by atoms with Crippen molar-refractivity contribution in [3.63, 3.8) is 0 Å². The molecule has 1 aliphatic carbocycles. The van der Waals surface area contributed by atoms with Gasteiger partial charge in [0.25, 0.3) is 0 Å². The fourth-order valence-electron chi connectivity index (χ4n) is 2.96. The number of aromatic nitrogens is 1. The first-order chi connectivity index (χ1) is 10.2. The van der Waals surface area contributed by atoms with Crippen molar-refractivity contribution in [1.29, 1.82) is 0 Å². The van der Waals surface area contributed by atoms with Crippen molar-refractivity contribution < 1.29 is 0 Å². The minimum absolute atomic E-state index is 0.492. The first-order valence-corrected chi connectivity index (χ1v) is 8.43. The van der Waals surface area contributed by atoms with E-state index in [1.54, 1.807) is 0 Å². The van der Waals surface area contributed by atoms with E-state index in [0.717, 1.165) is 18.1 Å². The maximum absolute atomic E-state index is 4.88. The molecule has 0 radical (unpaired) electrons. The molecule has 21 heavy (non-hydrogen) atoms. The van der Waals surface area contributed by atoms with Crippen LogP contribution in [0.25, 0.3) is 0 Å². The molecule has 3 rings (SSSR count). The fourth-order valence-corrected chi connectivity index (χ4v) is 4.17. The van der Waals surface area contributed by atoms with Gasteiger partial charge in [0, 0.05) is 24.5 Å². The maximum atomic E-state index is 4.88. The van der Waals surface area contributed by atoms with Gasteiger partial charge in [-0.15, -0.1) is 0 Å². The molecule has 1 heterocycles. The summed E-state index contributed by atoms with van der Waals surface area (Å²) in [7, 11) is 4.20. The minimum atomic E-state index is 0.492. The van der Waals surface area contributed by atoms with Crippen LogP contribution < -0.4 is 10.2 Å². The van der Waals surface area contributed by atoms with E-state index in [9.17, 15) is 0 Å². The van der Waals surface area contributed by atoms with Crippen molar-refractivity contribution in [2.45, 2.75) is 38.8 Å². The number of hydrogen-bond donors (Lipinski definition) is 1. The Morgan fingerprint density at radius 1 is 1.38 bits per heavy atom. The summed E-state index contributed by atoms with van der Waals surface area (Å²) >= 11 is 1.85. The van der Waals surface area contributed by atoms with E-state index >= 15 is 0 Å². The van der Waals surface area contributed by atoms with Crippen LogP contribution in [0.1, 0.15) is 40.6 Å². The van der Waals surface area contributed by atoms with E-state index < -0.39 is 0 Å². The Balaban J connectivity index is 1.81. The molecule has 4 heteroatoms. The van der Waals surface area contributed by atoms with Gasteiger partial charge in [-0.2, -0.15) is 0 Å². The van der Waals surface area contributed by atoms with E-state index in [4.69, 9.17) is 4.98 Å². The Bertz CT molecular complexity index is 620. The second kappa shape index (κ2) is 6.16. The molecular formula is C17H23N3S. The van der Waals surface area contributed by atoms with E-state index in [1.165, 1.54) is 34.5 Å². The third-order valence-corrected chi connectivity index (χ3v) is 5.61. The predicted octanol–water partition coefficient (Wildman–Crippen LogP) is 3.68. The van der Waals surface area contributed by atoms with Crippen LogP contribution >= 0.6 is 11.3 Å². The number of thiazole rings is 1. The van der Waals surface area contributed by atoms with E-state index in [2.05, 4.69) is 55.5 Å². The van der Waals surface area contributed by atoms with Crippen LogP contribution in [0.4, 0.5) is 5.13 Å². The molecule has 1 N–H and O–H groups in total. The van der Waals surface area contributed by atoms with Gasteiger partial charge in [0.05, 0.1) is 5.69 Å². The second-order valence-corrected chi connectivity index (χ2v) is 6.83. The Labute approximate surface area is 131 Å². The highest BCUT2D eigenvalue weighted by Crippen LogP contribution is 2.37. The Hall–Kier alpha value is -1.39. The number of rotatable bonds is 4. The SMILES string of the molecule is CNC1CCCc2nc(N(C)Cc3ccccc3C)sc21. The highest BCUT2D eigenvalue weighted by molar-refractivity contribution is 7.15. The molecule has 1 aromatic heterocycles. The smallest absolute Gasteiger partial charge is 0.185 e. The first kappa shape index (κ1) is 14.5. The normalized spacial score (nSPS) is 17.6. The highest BCUT2D eigenvalue weighted by atomic mass is 32.1. The summed E-state index contributed by atoms with van der Waals surface area (Å²) in [5.41, 5.74) is 4.02. The number of fused-ring (bicyclic) bond motifs is 1.